The zero-order valence-corrected chi connectivity index (χ0v) is 15.5. The van der Waals surface area contributed by atoms with Crippen LogP contribution in [0.15, 0.2) is 46.0 Å². The SMILES string of the molecule is CC1(C)C(=C(CCl)Sc2nnnn2-c2ccccc2)C2CCC1C2. The highest BCUT2D eigenvalue weighted by molar-refractivity contribution is 8.03. The number of alkyl halides is 1. The van der Waals surface area contributed by atoms with Crippen molar-refractivity contribution in [2.75, 3.05) is 5.88 Å². The van der Waals surface area contributed by atoms with E-state index in [1.165, 1.54) is 24.2 Å². The third-order valence-corrected chi connectivity index (χ3v) is 7.11. The largest absolute Gasteiger partial charge is 0.218 e. The summed E-state index contributed by atoms with van der Waals surface area (Å²) in [6, 6.07) is 9.99. The average Bonchev–Trinajstić information content (AvgIpc) is 3.28. The van der Waals surface area contributed by atoms with Crippen LogP contribution in [0.2, 0.25) is 0 Å². The molecule has 2 saturated carbocycles. The van der Waals surface area contributed by atoms with Crippen LogP contribution in [0.1, 0.15) is 33.1 Å². The molecule has 2 fully saturated rings. The predicted octanol–water partition coefficient (Wildman–Crippen LogP) is 4.70. The van der Waals surface area contributed by atoms with Gasteiger partial charge in [-0.15, -0.1) is 16.7 Å². The van der Waals surface area contributed by atoms with Gasteiger partial charge in [-0.2, -0.15) is 4.68 Å². The molecule has 2 atom stereocenters. The molecule has 2 bridgehead atoms. The molecular formula is C18H21ClN4S. The Hall–Kier alpha value is -1.33. The number of aromatic nitrogens is 4. The predicted molar refractivity (Wildman–Crippen MR) is 97.4 cm³/mol. The topological polar surface area (TPSA) is 43.6 Å². The minimum Gasteiger partial charge on any atom is -0.187 e. The smallest absolute Gasteiger partial charge is 0.187 e. The average molecular weight is 361 g/mol. The fourth-order valence-corrected chi connectivity index (χ4v) is 5.90. The first-order chi connectivity index (χ1) is 11.6. The van der Waals surface area contributed by atoms with Gasteiger partial charge in [0.15, 0.2) is 0 Å². The molecule has 0 spiro atoms. The van der Waals surface area contributed by atoms with Crippen molar-refractivity contribution in [3.63, 3.8) is 0 Å². The number of para-hydroxylation sites is 1. The van der Waals surface area contributed by atoms with Gasteiger partial charge < -0.3 is 0 Å². The van der Waals surface area contributed by atoms with Gasteiger partial charge in [0.25, 0.3) is 0 Å². The van der Waals surface area contributed by atoms with E-state index in [9.17, 15) is 0 Å². The number of hydrogen-bond acceptors (Lipinski definition) is 4. The molecule has 2 aliphatic carbocycles. The van der Waals surface area contributed by atoms with E-state index in [1.807, 2.05) is 30.3 Å². The Labute approximate surface area is 151 Å². The van der Waals surface area contributed by atoms with Crippen molar-refractivity contribution in [3.05, 3.63) is 40.8 Å². The maximum Gasteiger partial charge on any atom is 0.218 e. The minimum atomic E-state index is 0.241. The summed E-state index contributed by atoms with van der Waals surface area (Å²) in [7, 11) is 0. The van der Waals surface area contributed by atoms with Gasteiger partial charge in [0, 0.05) is 4.91 Å². The van der Waals surface area contributed by atoms with Gasteiger partial charge in [-0.05, 0) is 64.6 Å². The van der Waals surface area contributed by atoms with Crippen molar-refractivity contribution in [1.29, 1.82) is 0 Å². The zero-order chi connectivity index (χ0) is 16.7. The molecular weight excluding hydrogens is 340 g/mol. The number of thioether (sulfide) groups is 1. The highest BCUT2D eigenvalue weighted by Gasteiger charge is 2.50. The van der Waals surface area contributed by atoms with Crippen molar-refractivity contribution in [2.45, 2.75) is 38.3 Å². The number of hydrogen-bond donors (Lipinski definition) is 0. The first-order valence-electron chi connectivity index (χ1n) is 8.42. The minimum absolute atomic E-state index is 0.241. The molecule has 0 saturated heterocycles. The van der Waals surface area contributed by atoms with E-state index >= 15 is 0 Å². The van der Waals surface area contributed by atoms with Gasteiger partial charge in [-0.1, -0.05) is 43.8 Å². The fourth-order valence-electron chi connectivity index (χ4n) is 4.47. The third-order valence-electron chi connectivity index (χ3n) is 5.63. The second kappa shape index (κ2) is 6.19. The summed E-state index contributed by atoms with van der Waals surface area (Å²) in [6.45, 7) is 4.75. The van der Waals surface area contributed by atoms with Gasteiger partial charge in [0.05, 0.1) is 11.6 Å². The van der Waals surface area contributed by atoms with E-state index in [0.717, 1.165) is 16.8 Å². The Morgan fingerprint density at radius 2 is 2.08 bits per heavy atom. The van der Waals surface area contributed by atoms with E-state index in [0.29, 0.717) is 11.8 Å². The summed E-state index contributed by atoms with van der Waals surface area (Å²) in [4.78, 5) is 1.24. The van der Waals surface area contributed by atoms with Crippen molar-refractivity contribution >= 4 is 23.4 Å². The third kappa shape index (κ3) is 2.58. The Kier molecular flexibility index (Phi) is 4.17. The summed E-state index contributed by atoms with van der Waals surface area (Å²) >= 11 is 8.00. The fraction of sp³-hybridized carbons (Fsp3) is 0.500. The molecule has 24 heavy (non-hydrogen) atoms. The Morgan fingerprint density at radius 3 is 2.75 bits per heavy atom. The van der Waals surface area contributed by atoms with Crippen LogP contribution in [-0.2, 0) is 0 Å². The second-order valence-electron chi connectivity index (χ2n) is 7.21. The Balaban J connectivity index is 1.70. The number of benzene rings is 1. The molecule has 0 N–H and O–H groups in total. The normalized spacial score (nSPS) is 26.8. The quantitative estimate of drug-likeness (QED) is 0.585. The number of tetrazole rings is 1. The summed E-state index contributed by atoms with van der Waals surface area (Å²) in [6.07, 6.45) is 3.96. The molecule has 1 aromatic carbocycles. The van der Waals surface area contributed by atoms with Gasteiger partial charge in [-0.3, -0.25) is 0 Å². The molecule has 2 aliphatic rings. The molecule has 6 heteroatoms. The molecule has 0 aliphatic heterocycles. The maximum atomic E-state index is 6.37. The van der Waals surface area contributed by atoms with E-state index in [2.05, 4.69) is 29.4 Å². The van der Waals surface area contributed by atoms with E-state index in [1.54, 1.807) is 22.0 Å². The molecule has 4 nitrogen and oxygen atoms in total. The monoisotopic (exact) mass is 360 g/mol. The molecule has 0 radical (unpaired) electrons. The summed E-state index contributed by atoms with van der Waals surface area (Å²) in [5, 5.41) is 13.0. The highest BCUT2D eigenvalue weighted by Crippen LogP contribution is 2.61. The van der Waals surface area contributed by atoms with Crippen LogP contribution in [0.4, 0.5) is 0 Å². The van der Waals surface area contributed by atoms with E-state index in [4.69, 9.17) is 11.6 Å². The maximum absolute atomic E-state index is 6.37. The Bertz CT molecular complexity index is 768. The lowest BCUT2D eigenvalue weighted by molar-refractivity contribution is 0.287. The van der Waals surface area contributed by atoms with E-state index in [-0.39, 0.29) is 5.41 Å². The molecule has 1 heterocycles. The molecule has 2 unspecified atom stereocenters. The van der Waals surface area contributed by atoms with Gasteiger partial charge in [0.1, 0.15) is 0 Å². The van der Waals surface area contributed by atoms with Crippen LogP contribution in [0.5, 0.6) is 0 Å². The van der Waals surface area contributed by atoms with Crippen molar-refractivity contribution < 1.29 is 0 Å². The van der Waals surface area contributed by atoms with Crippen molar-refractivity contribution in [2.24, 2.45) is 17.3 Å². The van der Waals surface area contributed by atoms with Crippen molar-refractivity contribution in [3.8, 4) is 5.69 Å². The molecule has 2 aromatic rings. The zero-order valence-electron chi connectivity index (χ0n) is 13.9. The second-order valence-corrected chi connectivity index (χ2v) is 8.54. The van der Waals surface area contributed by atoms with Gasteiger partial charge in [0.2, 0.25) is 5.16 Å². The number of fused-ring (bicyclic) bond motifs is 2. The van der Waals surface area contributed by atoms with Crippen LogP contribution in [-0.4, -0.2) is 26.1 Å². The van der Waals surface area contributed by atoms with Crippen LogP contribution in [0, 0.1) is 17.3 Å². The van der Waals surface area contributed by atoms with Gasteiger partial charge in [-0.25, -0.2) is 0 Å². The molecule has 4 rings (SSSR count). The summed E-state index contributed by atoms with van der Waals surface area (Å²) in [5.74, 6) is 2.00. The number of halogens is 1. The molecule has 126 valence electrons. The standard InChI is InChI=1S/C18H21ClN4S/c1-18(2)13-9-8-12(10-13)16(18)15(11-19)24-17-20-21-22-23(17)14-6-4-3-5-7-14/h3-7,12-13H,8-11H2,1-2H3. The number of nitrogens with zero attached hydrogens (tertiary/aromatic N) is 4. The van der Waals surface area contributed by atoms with Crippen LogP contribution in [0.25, 0.3) is 5.69 Å². The lowest BCUT2D eigenvalue weighted by Gasteiger charge is -2.34. The Morgan fingerprint density at radius 1 is 1.29 bits per heavy atom. The number of rotatable bonds is 4. The van der Waals surface area contributed by atoms with Crippen LogP contribution in [0.3, 0.4) is 0 Å². The van der Waals surface area contributed by atoms with E-state index < -0.39 is 0 Å². The molecule has 0 amide bonds. The van der Waals surface area contributed by atoms with Crippen LogP contribution < -0.4 is 0 Å². The first kappa shape index (κ1) is 16.2. The van der Waals surface area contributed by atoms with Crippen LogP contribution >= 0.6 is 23.4 Å². The lowest BCUT2D eigenvalue weighted by atomic mass is 9.73. The highest BCUT2D eigenvalue weighted by atomic mass is 35.5. The summed E-state index contributed by atoms with van der Waals surface area (Å²) < 4.78 is 1.79. The first-order valence-corrected chi connectivity index (χ1v) is 9.77. The lowest BCUT2D eigenvalue weighted by Crippen LogP contribution is -2.24. The number of allylic oxidation sites excluding steroid dienone is 2. The molecule has 1 aromatic heterocycles. The van der Waals surface area contributed by atoms with Crippen molar-refractivity contribution in [1.82, 2.24) is 20.2 Å². The van der Waals surface area contributed by atoms with Gasteiger partial charge >= 0.3 is 0 Å². The summed E-state index contributed by atoms with van der Waals surface area (Å²) in [5.41, 5.74) is 2.75.